The quantitative estimate of drug-likeness (QED) is 0.213. The highest BCUT2D eigenvalue weighted by atomic mass is 127. The molecule has 0 heterocycles. The lowest BCUT2D eigenvalue weighted by atomic mass is 10.1. The summed E-state index contributed by atoms with van der Waals surface area (Å²) < 4.78 is 19.9. The summed E-state index contributed by atoms with van der Waals surface area (Å²) in [7, 11) is 0. The normalized spacial score (nSPS) is 11.1. The van der Waals surface area contributed by atoms with Crippen molar-refractivity contribution in [3.05, 3.63) is 34.1 Å². The molecule has 0 aliphatic rings. The largest absolute Gasteiger partial charge is 0.382 e. The number of nitrogens with one attached hydrogen (secondary N) is 2. The van der Waals surface area contributed by atoms with Gasteiger partial charge >= 0.3 is 0 Å². The first-order chi connectivity index (χ1) is 11.2. The molecule has 0 spiro atoms. The van der Waals surface area contributed by atoms with Crippen LogP contribution in [0.15, 0.2) is 27.7 Å². The van der Waals surface area contributed by atoms with Gasteiger partial charge in [0.15, 0.2) is 5.96 Å². The van der Waals surface area contributed by atoms with Gasteiger partial charge in [0.2, 0.25) is 0 Å². The van der Waals surface area contributed by atoms with E-state index in [1.807, 2.05) is 19.9 Å². The van der Waals surface area contributed by atoms with Gasteiger partial charge in [-0.15, -0.1) is 24.0 Å². The minimum atomic E-state index is -0.173. The molecule has 7 heteroatoms. The second kappa shape index (κ2) is 14.9. The average molecular weight is 516 g/mol. The number of aliphatic imine (C=N–C) groups is 1. The lowest BCUT2D eigenvalue weighted by molar-refractivity contribution is 0.144. The topological polar surface area (TPSA) is 45.7 Å². The van der Waals surface area contributed by atoms with Crippen LogP contribution in [0.2, 0.25) is 0 Å². The molecule has 24 heavy (non-hydrogen) atoms. The van der Waals surface area contributed by atoms with E-state index in [1.54, 1.807) is 6.07 Å². The Morgan fingerprint density at radius 1 is 1.25 bits per heavy atom. The predicted molar refractivity (Wildman–Crippen MR) is 113 cm³/mol. The van der Waals surface area contributed by atoms with Crippen molar-refractivity contribution >= 4 is 45.9 Å². The molecule has 0 radical (unpaired) electrons. The van der Waals surface area contributed by atoms with Crippen LogP contribution in [0.4, 0.5) is 4.39 Å². The molecule has 0 aromatic heterocycles. The van der Waals surface area contributed by atoms with Crippen molar-refractivity contribution < 1.29 is 9.13 Å². The monoisotopic (exact) mass is 515 g/mol. The van der Waals surface area contributed by atoms with E-state index in [1.165, 1.54) is 6.07 Å². The second-order valence-electron chi connectivity index (χ2n) is 5.08. The molecule has 1 aromatic carbocycles. The Morgan fingerprint density at radius 2 is 2.04 bits per heavy atom. The van der Waals surface area contributed by atoms with Crippen molar-refractivity contribution in [1.29, 1.82) is 0 Å². The highest BCUT2D eigenvalue weighted by molar-refractivity contribution is 14.0. The third-order valence-electron chi connectivity index (χ3n) is 3.21. The predicted octanol–water partition coefficient (Wildman–Crippen LogP) is 4.12. The maximum absolute atomic E-state index is 13.7. The van der Waals surface area contributed by atoms with Gasteiger partial charge in [-0.3, -0.25) is 4.99 Å². The van der Waals surface area contributed by atoms with E-state index in [4.69, 9.17) is 4.74 Å². The fraction of sp³-hybridized carbons (Fsp3) is 0.588. The van der Waals surface area contributed by atoms with Crippen LogP contribution in [0.1, 0.15) is 32.3 Å². The summed E-state index contributed by atoms with van der Waals surface area (Å²) in [5.74, 6) is 0.604. The maximum Gasteiger partial charge on any atom is 0.191 e. The number of unbranched alkanes of at least 4 members (excludes halogenated alkanes) is 1. The zero-order valence-corrected chi connectivity index (χ0v) is 18.3. The van der Waals surface area contributed by atoms with Gasteiger partial charge < -0.3 is 15.4 Å². The van der Waals surface area contributed by atoms with Crippen molar-refractivity contribution in [2.24, 2.45) is 4.99 Å². The van der Waals surface area contributed by atoms with Crippen molar-refractivity contribution in [3.63, 3.8) is 0 Å². The number of guanidine groups is 1. The van der Waals surface area contributed by atoms with Gasteiger partial charge in [0.1, 0.15) is 5.82 Å². The molecule has 0 saturated carbocycles. The average Bonchev–Trinajstić information content (AvgIpc) is 2.54. The Labute approximate surface area is 170 Å². The molecule has 0 aliphatic carbocycles. The zero-order valence-electron chi connectivity index (χ0n) is 14.4. The molecule has 0 atom stereocenters. The summed E-state index contributed by atoms with van der Waals surface area (Å²) in [6.07, 6.45) is 2.62. The summed E-state index contributed by atoms with van der Waals surface area (Å²) in [6.45, 7) is 7.78. The van der Waals surface area contributed by atoms with Crippen LogP contribution in [-0.2, 0) is 11.2 Å². The molecule has 0 fully saturated rings. The molecule has 1 rings (SSSR count). The van der Waals surface area contributed by atoms with Crippen molar-refractivity contribution in [2.45, 2.75) is 33.1 Å². The fourth-order valence-electron chi connectivity index (χ4n) is 2.04. The van der Waals surface area contributed by atoms with E-state index < -0.39 is 0 Å². The van der Waals surface area contributed by atoms with Crippen molar-refractivity contribution in [1.82, 2.24) is 10.6 Å². The molecule has 1 aromatic rings. The lowest BCUT2D eigenvalue weighted by Crippen LogP contribution is -2.38. The highest BCUT2D eigenvalue weighted by Crippen LogP contribution is 2.15. The standard InChI is InChI=1S/C17H27BrFN3O.HI/c1-3-20-17(21-10-5-6-12-23-4-2)22-11-9-14-13-15(18)7-8-16(14)19;/h7-8,13H,3-6,9-12H2,1-2H3,(H2,20,21,22);1H. The van der Waals surface area contributed by atoms with Crippen LogP contribution >= 0.6 is 39.9 Å². The number of benzene rings is 1. The number of hydrogen-bond donors (Lipinski definition) is 2. The third-order valence-corrected chi connectivity index (χ3v) is 3.70. The molecular formula is C17H28BrFIN3O. The van der Waals surface area contributed by atoms with E-state index in [9.17, 15) is 4.39 Å². The molecular weight excluding hydrogens is 488 g/mol. The number of halogens is 3. The van der Waals surface area contributed by atoms with Crippen LogP contribution in [0.25, 0.3) is 0 Å². The fourth-order valence-corrected chi connectivity index (χ4v) is 2.45. The molecule has 0 aliphatic heterocycles. The Morgan fingerprint density at radius 3 is 2.75 bits per heavy atom. The van der Waals surface area contributed by atoms with Crippen LogP contribution in [0, 0.1) is 5.82 Å². The Bertz CT molecular complexity index is 489. The van der Waals surface area contributed by atoms with E-state index in [0.717, 1.165) is 49.6 Å². The Hall–Kier alpha value is -0.410. The smallest absolute Gasteiger partial charge is 0.191 e. The maximum atomic E-state index is 13.7. The summed E-state index contributed by atoms with van der Waals surface area (Å²) in [6, 6.07) is 5.01. The summed E-state index contributed by atoms with van der Waals surface area (Å²) in [5, 5.41) is 6.45. The van der Waals surface area contributed by atoms with Crippen LogP contribution in [-0.4, -0.2) is 38.8 Å². The minimum Gasteiger partial charge on any atom is -0.382 e. The number of nitrogens with zero attached hydrogens (tertiary/aromatic N) is 1. The molecule has 0 saturated heterocycles. The van der Waals surface area contributed by atoms with E-state index >= 15 is 0 Å². The SMILES string of the molecule is CCNC(=NCCCCOCC)NCCc1cc(Br)ccc1F.I. The van der Waals surface area contributed by atoms with Gasteiger partial charge in [-0.05, 0) is 56.9 Å². The van der Waals surface area contributed by atoms with Crippen LogP contribution in [0.3, 0.4) is 0 Å². The molecule has 2 N–H and O–H groups in total. The van der Waals surface area contributed by atoms with Gasteiger partial charge in [0.25, 0.3) is 0 Å². The first kappa shape index (κ1) is 23.6. The molecule has 138 valence electrons. The summed E-state index contributed by atoms with van der Waals surface area (Å²) in [4.78, 5) is 4.52. The molecule has 0 unspecified atom stereocenters. The Balaban J connectivity index is 0.00000529. The summed E-state index contributed by atoms with van der Waals surface area (Å²) >= 11 is 3.37. The first-order valence-electron chi connectivity index (χ1n) is 8.21. The number of ether oxygens (including phenoxy) is 1. The minimum absolute atomic E-state index is 0. The van der Waals surface area contributed by atoms with Crippen LogP contribution in [0.5, 0.6) is 0 Å². The van der Waals surface area contributed by atoms with Crippen LogP contribution < -0.4 is 10.6 Å². The van der Waals surface area contributed by atoms with Crippen molar-refractivity contribution in [2.75, 3.05) is 32.8 Å². The highest BCUT2D eigenvalue weighted by Gasteiger charge is 2.03. The van der Waals surface area contributed by atoms with Gasteiger partial charge in [-0.2, -0.15) is 0 Å². The molecule has 4 nitrogen and oxygen atoms in total. The third kappa shape index (κ3) is 10.5. The van der Waals surface area contributed by atoms with Crippen molar-refractivity contribution in [3.8, 4) is 0 Å². The molecule has 0 bridgehead atoms. The van der Waals surface area contributed by atoms with Gasteiger partial charge in [-0.25, -0.2) is 4.39 Å². The van der Waals surface area contributed by atoms with Gasteiger partial charge in [0.05, 0.1) is 0 Å². The molecule has 0 amide bonds. The van der Waals surface area contributed by atoms with Gasteiger partial charge in [-0.1, -0.05) is 15.9 Å². The zero-order chi connectivity index (χ0) is 16.9. The Kier molecular flexibility index (Phi) is 14.6. The van der Waals surface area contributed by atoms with E-state index in [0.29, 0.717) is 18.5 Å². The second-order valence-corrected chi connectivity index (χ2v) is 5.99. The number of rotatable bonds is 10. The van der Waals surface area contributed by atoms with E-state index in [-0.39, 0.29) is 29.8 Å². The van der Waals surface area contributed by atoms with E-state index in [2.05, 4.69) is 31.6 Å². The number of hydrogen-bond acceptors (Lipinski definition) is 2. The lowest BCUT2D eigenvalue weighted by Gasteiger charge is -2.12. The van der Waals surface area contributed by atoms with Gasteiger partial charge in [0, 0.05) is 37.3 Å². The first-order valence-corrected chi connectivity index (χ1v) is 9.00. The summed E-state index contributed by atoms with van der Waals surface area (Å²) in [5.41, 5.74) is 0.694.